The number of carbonyl (C=O) groups excluding carboxylic acids is 3. The van der Waals surface area contributed by atoms with Crippen LogP contribution >= 0.6 is 11.3 Å². The Bertz CT molecular complexity index is 776. The minimum Gasteiger partial charge on any atom is -0.466 e. The Morgan fingerprint density at radius 2 is 1.76 bits per heavy atom. The van der Waals surface area contributed by atoms with Gasteiger partial charge in [-0.2, -0.15) is 0 Å². The number of nitrogens with zero attached hydrogens (tertiary/aromatic N) is 2. The van der Waals surface area contributed by atoms with E-state index in [1.165, 1.54) is 10.4 Å². The topological polar surface area (TPSA) is 66.9 Å². The first-order valence-corrected chi connectivity index (χ1v) is 11.7. The lowest BCUT2D eigenvalue weighted by molar-refractivity contribution is -0.151. The van der Waals surface area contributed by atoms with Gasteiger partial charge in [0.2, 0.25) is 5.91 Å². The van der Waals surface area contributed by atoms with E-state index in [9.17, 15) is 14.4 Å². The molecule has 1 aromatic heterocycles. The number of thiophene rings is 1. The zero-order valence-corrected chi connectivity index (χ0v) is 18.0. The van der Waals surface area contributed by atoms with E-state index in [-0.39, 0.29) is 29.6 Å². The van der Waals surface area contributed by atoms with Gasteiger partial charge in [0.1, 0.15) is 0 Å². The van der Waals surface area contributed by atoms with Crippen LogP contribution in [0.25, 0.3) is 0 Å². The summed E-state index contributed by atoms with van der Waals surface area (Å²) in [5.41, 5.74) is 1.18. The lowest BCUT2D eigenvalue weighted by atomic mass is 9.86. The molecule has 158 valence electrons. The highest BCUT2D eigenvalue weighted by molar-refractivity contribution is 7.14. The molecule has 7 heteroatoms. The fourth-order valence-electron chi connectivity index (χ4n) is 4.77. The maximum Gasteiger partial charge on any atom is 0.309 e. The zero-order chi connectivity index (χ0) is 20.4. The second-order valence-corrected chi connectivity index (χ2v) is 9.49. The zero-order valence-electron chi connectivity index (χ0n) is 17.2. The summed E-state index contributed by atoms with van der Waals surface area (Å²) in [5, 5.41) is 0. The molecule has 0 bridgehead atoms. The van der Waals surface area contributed by atoms with Gasteiger partial charge in [-0.1, -0.05) is 0 Å². The lowest BCUT2D eigenvalue weighted by Gasteiger charge is -2.34. The molecule has 4 rings (SSSR count). The van der Waals surface area contributed by atoms with Gasteiger partial charge in [-0.3, -0.25) is 14.4 Å². The number of aryl methyl sites for hydroxylation is 1. The van der Waals surface area contributed by atoms with E-state index < -0.39 is 0 Å². The van der Waals surface area contributed by atoms with E-state index in [2.05, 4.69) is 0 Å². The van der Waals surface area contributed by atoms with Crippen molar-refractivity contribution in [3.63, 3.8) is 0 Å². The molecule has 0 radical (unpaired) electrons. The molecule has 0 spiro atoms. The minimum atomic E-state index is -0.129. The molecule has 2 fully saturated rings. The van der Waals surface area contributed by atoms with Gasteiger partial charge in [0.25, 0.3) is 5.91 Å². The highest BCUT2D eigenvalue weighted by atomic mass is 32.1. The van der Waals surface area contributed by atoms with E-state index in [0.717, 1.165) is 50.1 Å². The fourth-order valence-corrected chi connectivity index (χ4v) is 5.95. The monoisotopic (exact) mass is 418 g/mol. The van der Waals surface area contributed by atoms with Crippen LogP contribution in [0.1, 0.15) is 59.1 Å². The Kier molecular flexibility index (Phi) is 6.23. The number of amides is 2. The SMILES string of the molecule is CCOC(=O)C1CCN(C(=O)C2CCc3sc(C(=O)N4CCCC4)cc3C2)CC1. The van der Waals surface area contributed by atoms with Gasteiger partial charge < -0.3 is 14.5 Å². The Balaban J connectivity index is 1.34. The van der Waals surface area contributed by atoms with Gasteiger partial charge in [-0.25, -0.2) is 0 Å². The number of ether oxygens (including phenoxy) is 1. The number of piperidine rings is 1. The standard InChI is InChI=1S/C22H30N2O4S/c1-2-28-22(27)15-7-11-24(12-8-15)20(25)16-5-6-18-17(13-16)14-19(29-18)21(26)23-9-3-4-10-23/h14-16H,2-13H2,1H3. The van der Waals surface area contributed by atoms with Crippen molar-refractivity contribution in [2.45, 2.75) is 51.9 Å². The van der Waals surface area contributed by atoms with Gasteiger partial charge >= 0.3 is 5.97 Å². The average molecular weight is 419 g/mol. The molecular weight excluding hydrogens is 388 g/mol. The molecule has 2 aliphatic heterocycles. The Labute approximate surface area is 176 Å². The van der Waals surface area contributed by atoms with E-state index in [1.807, 2.05) is 22.8 Å². The maximum absolute atomic E-state index is 13.1. The first-order chi connectivity index (χ1) is 14.1. The van der Waals surface area contributed by atoms with Crippen LogP contribution in [0.4, 0.5) is 0 Å². The van der Waals surface area contributed by atoms with Crippen molar-refractivity contribution >= 4 is 29.1 Å². The summed E-state index contributed by atoms with van der Waals surface area (Å²) in [7, 11) is 0. The molecule has 29 heavy (non-hydrogen) atoms. The van der Waals surface area contributed by atoms with Crippen molar-refractivity contribution < 1.29 is 19.1 Å². The summed E-state index contributed by atoms with van der Waals surface area (Å²) >= 11 is 1.62. The molecule has 2 amide bonds. The highest BCUT2D eigenvalue weighted by Gasteiger charge is 2.34. The van der Waals surface area contributed by atoms with E-state index >= 15 is 0 Å². The van der Waals surface area contributed by atoms with Crippen molar-refractivity contribution in [2.24, 2.45) is 11.8 Å². The van der Waals surface area contributed by atoms with Crippen molar-refractivity contribution in [1.82, 2.24) is 9.80 Å². The first-order valence-electron chi connectivity index (χ1n) is 10.9. The number of fused-ring (bicyclic) bond motifs is 1. The third kappa shape index (κ3) is 4.34. The average Bonchev–Trinajstić information content (AvgIpc) is 3.42. The smallest absolute Gasteiger partial charge is 0.309 e. The molecule has 3 heterocycles. The van der Waals surface area contributed by atoms with Gasteiger partial charge in [0.15, 0.2) is 0 Å². The summed E-state index contributed by atoms with van der Waals surface area (Å²) in [6.45, 7) is 5.23. The normalized spacial score (nSPS) is 22.4. The van der Waals surface area contributed by atoms with Crippen LogP contribution in [0.3, 0.4) is 0 Å². The number of carbonyl (C=O) groups is 3. The van der Waals surface area contributed by atoms with Crippen molar-refractivity contribution in [3.05, 3.63) is 21.4 Å². The van der Waals surface area contributed by atoms with Crippen LogP contribution in [-0.2, 0) is 27.2 Å². The summed E-state index contributed by atoms with van der Waals surface area (Å²) < 4.78 is 5.12. The first kappa shape index (κ1) is 20.4. The second-order valence-electron chi connectivity index (χ2n) is 8.35. The lowest BCUT2D eigenvalue weighted by Crippen LogP contribution is -2.44. The van der Waals surface area contributed by atoms with E-state index in [4.69, 9.17) is 4.74 Å². The molecule has 1 aliphatic carbocycles. The Morgan fingerprint density at radius 3 is 2.45 bits per heavy atom. The third-order valence-electron chi connectivity index (χ3n) is 6.46. The quantitative estimate of drug-likeness (QED) is 0.705. The maximum atomic E-state index is 13.1. The molecule has 0 N–H and O–H groups in total. The van der Waals surface area contributed by atoms with Crippen molar-refractivity contribution in [1.29, 1.82) is 0 Å². The second kappa shape index (κ2) is 8.86. The molecule has 1 atom stereocenters. The number of hydrogen-bond acceptors (Lipinski definition) is 5. The molecule has 3 aliphatic rings. The fraction of sp³-hybridized carbons (Fsp3) is 0.682. The number of rotatable bonds is 4. The van der Waals surface area contributed by atoms with Crippen LogP contribution in [0.2, 0.25) is 0 Å². The molecule has 0 saturated carbocycles. The Hall–Kier alpha value is -1.89. The molecule has 0 aromatic carbocycles. The predicted octanol–water partition coefficient (Wildman–Crippen LogP) is 2.89. The van der Waals surface area contributed by atoms with Crippen LogP contribution in [0, 0.1) is 11.8 Å². The summed E-state index contributed by atoms with van der Waals surface area (Å²) in [6, 6.07) is 2.03. The van der Waals surface area contributed by atoms with Gasteiger partial charge in [0, 0.05) is 37.0 Å². The van der Waals surface area contributed by atoms with Crippen LogP contribution in [0.5, 0.6) is 0 Å². The molecule has 2 saturated heterocycles. The van der Waals surface area contributed by atoms with Gasteiger partial charge in [-0.15, -0.1) is 11.3 Å². The number of likely N-dealkylation sites (tertiary alicyclic amines) is 2. The predicted molar refractivity (Wildman–Crippen MR) is 111 cm³/mol. The molecule has 1 unspecified atom stereocenters. The summed E-state index contributed by atoms with van der Waals surface area (Å²) in [4.78, 5) is 43.6. The molecular formula is C22H30N2O4S. The number of hydrogen-bond donors (Lipinski definition) is 0. The summed E-state index contributed by atoms with van der Waals surface area (Å²) in [6.07, 6.45) is 6.03. The van der Waals surface area contributed by atoms with E-state index in [0.29, 0.717) is 32.5 Å². The number of esters is 1. The van der Waals surface area contributed by atoms with Crippen LogP contribution in [0.15, 0.2) is 6.07 Å². The van der Waals surface area contributed by atoms with Gasteiger partial charge in [-0.05, 0) is 63.5 Å². The third-order valence-corrected chi connectivity index (χ3v) is 7.69. The summed E-state index contributed by atoms with van der Waals surface area (Å²) in [5.74, 6) is 0.150. The minimum absolute atomic E-state index is 0.00835. The molecule has 1 aromatic rings. The highest BCUT2D eigenvalue weighted by Crippen LogP contribution is 2.34. The van der Waals surface area contributed by atoms with Crippen molar-refractivity contribution in [2.75, 3.05) is 32.8 Å². The van der Waals surface area contributed by atoms with E-state index in [1.54, 1.807) is 11.3 Å². The van der Waals surface area contributed by atoms with Crippen LogP contribution < -0.4 is 0 Å². The Morgan fingerprint density at radius 1 is 1.03 bits per heavy atom. The van der Waals surface area contributed by atoms with Crippen LogP contribution in [-0.4, -0.2) is 60.4 Å². The molecule has 6 nitrogen and oxygen atoms in total. The largest absolute Gasteiger partial charge is 0.466 e. The van der Waals surface area contributed by atoms with Gasteiger partial charge in [0.05, 0.1) is 17.4 Å². The van der Waals surface area contributed by atoms with Crippen molar-refractivity contribution in [3.8, 4) is 0 Å².